The molecule has 7 nitrogen and oxygen atoms in total. The van der Waals surface area contributed by atoms with Crippen molar-refractivity contribution in [3.63, 3.8) is 0 Å². The Bertz CT molecular complexity index is 1340. The summed E-state index contributed by atoms with van der Waals surface area (Å²) in [5, 5.41) is 29.9. The second-order valence-corrected chi connectivity index (χ2v) is 8.62. The van der Waals surface area contributed by atoms with Crippen molar-refractivity contribution >= 4 is 12.2 Å². The summed E-state index contributed by atoms with van der Waals surface area (Å²) in [6.07, 6.45) is 2.62. The topological polar surface area (TPSA) is 97.6 Å². The van der Waals surface area contributed by atoms with Crippen LogP contribution in [-0.4, -0.2) is 36.6 Å². The molecule has 0 spiro atoms. The van der Waals surface area contributed by atoms with Crippen LogP contribution < -0.4 is 14.2 Å². The van der Waals surface area contributed by atoms with Gasteiger partial charge in [0.05, 0.1) is 14.2 Å². The lowest BCUT2D eigenvalue weighted by Crippen LogP contribution is -2.19. The fourth-order valence-corrected chi connectivity index (χ4v) is 4.11. The number of hydrogen-bond acceptors (Lipinski definition) is 7. The Hall–Kier alpha value is -4.62. The number of ether oxygens (including phenoxy) is 4. The van der Waals surface area contributed by atoms with Crippen LogP contribution in [0.3, 0.4) is 0 Å². The van der Waals surface area contributed by atoms with Gasteiger partial charge in [0.1, 0.15) is 40.6 Å². The van der Waals surface area contributed by atoms with Crippen LogP contribution in [-0.2, 0) is 4.74 Å². The molecule has 0 aliphatic rings. The van der Waals surface area contributed by atoms with Gasteiger partial charge in [0.2, 0.25) is 0 Å². The lowest BCUT2D eigenvalue weighted by Gasteiger charge is -2.28. The molecule has 2 atom stereocenters. The summed E-state index contributed by atoms with van der Waals surface area (Å²) in [6, 6.07) is 24.1. The summed E-state index contributed by atoms with van der Waals surface area (Å²) < 4.78 is 22.8. The van der Waals surface area contributed by atoms with Gasteiger partial charge in [-0.25, -0.2) is 0 Å². The van der Waals surface area contributed by atoms with Crippen LogP contribution in [0.2, 0.25) is 0 Å². The Morgan fingerprint density at radius 3 is 1.66 bits per heavy atom. The van der Waals surface area contributed by atoms with Crippen LogP contribution in [0.15, 0.2) is 84.9 Å². The van der Waals surface area contributed by atoms with Crippen LogP contribution in [0.25, 0.3) is 12.2 Å². The zero-order valence-corrected chi connectivity index (χ0v) is 21.4. The molecule has 0 aromatic heterocycles. The van der Waals surface area contributed by atoms with Crippen molar-refractivity contribution in [2.24, 2.45) is 0 Å². The van der Waals surface area contributed by atoms with Crippen LogP contribution in [0.1, 0.15) is 34.5 Å². The molecule has 0 saturated carbocycles. The highest BCUT2D eigenvalue weighted by molar-refractivity contribution is 5.71. The van der Waals surface area contributed by atoms with Crippen LogP contribution in [0.4, 0.5) is 0 Å². The van der Waals surface area contributed by atoms with Crippen molar-refractivity contribution in [2.75, 3.05) is 21.3 Å². The molecule has 0 saturated heterocycles. The highest BCUT2D eigenvalue weighted by atomic mass is 16.5. The number of rotatable bonds is 10. The molecule has 196 valence electrons. The van der Waals surface area contributed by atoms with Crippen LogP contribution in [0.5, 0.6) is 34.5 Å². The Labute approximate surface area is 221 Å². The standard InChI is InChI=1S/C31H30O7/c1-35-28-14-21(15-29(19-28)36-2)5-4-20-6-12-27(13-7-20)38-31(23-16-25(33)18-26(34)17-23)30(37-3)22-8-10-24(32)11-9-22/h4-19,30-34H,1-3H3/b5-4+. The fourth-order valence-electron chi connectivity index (χ4n) is 4.11. The van der Waals surface area contributed by atoms with Crippen molar-refractivity contribution in [2.45, 2.75) is 12.2 Å². The largest absolute Gasteiger partial charge is 0.508 e. The number of aromatic hydroxyl groups is 3. The normalized spacial score (nSPS) is 12.7. The smallest absolute Gasteiger partial charge is 0.154 e. The van der Waals surface area contributed by atoms with Crippen LogP contribution >= 0.6 is 0 Å². The van der Waals surface area contributed by atoms with Gasteiger partial charge < -0.3 is 34.3 Å². The summed E-state index contributed by atoms with van der Waals surface area (Å²) in [5.41, 5.74) is 3.17. The molecule has 0 heterocycles. The van der Waals surface area contributed by atoms with Gasteiger partial charge in [-0.2, -0.15) is 0 Å². The molecule has 4 rings (SSSR count). The first-order valence-corrected chi connectivity index (χ1v) is 11.9. The first-order chi connectivity index (χ1) is 18.4. The number of phenolic OH excluding ortho intramolecular Hbond substituents is 3. The molecule has 4 aromatic rings. The molecule has 2 unspecified atom stereocenters. The third-order valence-corrected chi connectivity index (χ3v) is 5.99. The molecule has 38 heavy (non-hydrogen) atoms. The van der Waals surface area contributed by atoms with E-state index < -0.39 is 12.2 Å². The van der Waals surface area contributed by atoms with E-state index in [0.717, 1.165) is 16.7 Å². The predicted octanol–water partition coefficient (Wildman–Crippen LogP) is 6.50. The summed E-state index contributed by atoms with van der Waals surface area (Å²) >= 11 is 0. The monoisotopic (exact) mass is 514 g/mol. The Morgan fingerprint density at radius 1 is 0.526 bits per heavy atom. The molecule has 0 amide bonds. The molecule has 0 radical (unpaired) electrons. The van der Waals surface area contributed by atoms with Crippen molar-refractivity contribution in [3.05, 3.63) is 107 Å². The second-order valence-electron chi connectivity index (χ2n) is 8.62. The maximum Gasteiger partial charge on any atom is 0.154 e. The Balaban J connectivity index is 1.60. The van der Waals surface area contributed by atoms with Gasteiger partial charge >= 0.3 is 0 Å². The predicted molar refractivity (Wildman–Crippen MR) is 146 cm³/mol. The van der Waals surface area contributed by atoms with E-state index in [1.165, 1.54) is 18.2 Å². The minimum absolute atomic E-state index is 0.0937. The zero-order chi connectivity index (χ0) is 27.1. The first-order valence-electron chi connectivity index (χ1n) is 11.9. The third kappa shape index (κ3) is 6.57. The average molecular weight is 515 g/mol. The van der Waals surface area contributed by atoms with Crippen molar-refractivity contribution in [3.8, 4) is 34.5 Å². The second kappa shape index (κ2) is 12.1. The van der Waals surface area contributed by atoms with Gasteiger partial charge in [-0.05, 0) is 65.2 Å². The third-order valence-electron chi connectivity index (χ3n) is 5.99. The maximum absolute atomic E-state index is 10.1. The van der Waals surface area contributed by atoms with Gasteiger partial charge in [-0.3, -0.25) is 0 Å². The van der Waals surface area contributed by atoms with Gasteiger partial charge in [0.25, 0.3) is 0 Å². The fraction of sp³-hybridized carbons (Fsp3) is 0.161. The number of hydrogen-bond donors (Lipinski definition) is 3. The highest BCUT2D eigenvalue weighted by Crippen LogP contribution is 2.39. The summed E-state index contributed by atoms with van der Waals surface area (Å²) in [6.45, 7) is 0. The van der Waals surface area contributed by atoms with E-state index in [2.05, 4.69) is 0 Å². The minimum Gasteiger partial charge on any atom is -0.508 e. The quantitative estimate of drug-likeness (QED) is 0.208. The van der Waals surface area contributed by atoms with Gasteiger partial charge in [0, 0.05) is 24.8 Å². The van der Waals surface area contributed by atoms with E-state index >= 15 is 0 Å². The number of benzene rings is 4. The maximum atomic E-state index is 10.1. The summed E-state index contributed by atoms with van der Waals surface area (Å²) in [5.74, 6) is 1.93. The van der Waals surface area contributed by atoms with Gasteiger partial charge in [-0.15, -0.1) is 0 Å². The number of methoxy groups -OCH3 is 3. The van der Waals surface area contributed by atoms with E-state index in [4.69, 9.17) is 18.9 Å². The average Bonchev–Trinajstić information content (AvgIpc) is 2.92. The highest BCUT2D eigenvalue weighted by Gasteiger charge is 2.28. The lowest BCUT2D eigenvalue weighted by molar-refractivity contribution is -0.00118. The van der Waals surface area contributed by atoms with E-state index in [1.54, 1.807) is 45.6 Å². The SMILES string of the molecule is COc1cc(/C=C/c2ccc(OC(c3cc(O)cc(O)c3)C(OC)c3ccc(O)cc3)cc2)cc(OC)c1. The molecular weight excluding hydrogens is 484 g/mol. The molecular formula is C31H30O7. The van der Waals surface area contributed by atoms with Crippen molar-refractivity contribution < 1.29 is 34.3 Å². The minimum atomic E-state index is -0.715. The zero-order valence-electron chi connectivity index (χ0n) is 21.4. The van der Waals surface area contributed by atoms with E-state index in [9.17, 15) is 15.3 Å². The van der Waals surface area contributed by atoms with Crippen LogP contribution in [0, 0.1) is 0 Å². The lowest BCUT2D eigenvalue weighted by atomic mass is 9.97. The molecule has 0 aliphatic carbocycles. The molecule has 0 aliphatic heterocycles. The summed E-state index contributed by atoms with van der Waals surface area (Å²) in [4.78, 5) is 0. The Morgan fingerprint density at radius 2 is 1.11 bits per heavy atom. The van der Waals surface area contributed by atoms with E-state index in [0.29, 0.717) is 22.8 Å². The Kier molecular flexibility index (Phi) is 8.40. The molecule has 7 heteroatoms. The summed E-state index contributed by atoms with van der Waals surface area (Å²) in [7, 11) is 4.78. The molecule has 0 bridgehead atoms. The van der Waals surface area contributed by atoms with E-state index in [-0.39, 0.29) is 17.2 Å². The molecule has 4 aromatic carbocycles. The van der Waals surface area contributed by atoms with E-state index in [1.807, 2.05) is 54.6 Å². The molecule has 0 fully saturated rings. The molecule has 3 N–H and O–H groups in total. The van der Waals surface area contributed by atoms with Gasteiger partial charge in [0.15, 0.2) is 6.10 Å². The first kappa shape index (κ1) is 26.4. The van der Waals surface area contributed by atoms with Crippen molar-refractivity contribution in [1.29, 1.82) is 0 Å². The number of phenols is 3. The van der Waals surface area contributed by atoms with Gasteiger partial charge in [-0.1, -0.05) is 36.4 Å². The van der Waals surface area contributed by atoms with Crippen molar-refractivity contribution in [1.82, 2.24) is 0 Å².